The molecule has 0 spiro atoms. The number of aliphatic hydroxyl groups is 1. The lowest BCUT2D eigenvalue weighted by atomic mass is 9.93. The molecule has 1 aromatic carbocycles. The molecule has 1 saturated carbocycles. The number of halogens is 4. The molecule has 1 aliphatic rings. The number of rotatable bonds is 3. The van der Waals surface area contributed by atoms with Gasteiger partial charge in [-0.1, -0.05) is 28.9 Å². The second kappa shape index (κ2) is 7.28. The summed E-state index contributed by atoms with van der Waals surface area (Å²) in [5.74, 6) is -0.523. The fourth-order valence-corrected chi connectivity index (χ4v) is 3.22. The van der Waals surface area contributed by atoms with Crippen molar-refractivity contribution in [3.8, 4) is 11.3 Å². The molecule has 1 aromatic heterocycles. The summed E-state index contributed by atoms with van der Waals surface area (Å²) in [6.45, 7) is 0. The molecule has 0 bridgehead atoms. The maximum atomic E-state index is 12.6. The van der Waals surface area contributed by atoms with Gasteiger partial charge in [0.05, 0.1) is 11.7 Å². The van der Waals surface area contributed by atoms with Gasteiger partial charge in [0.1, 0.15) is 5.02 Å². The lowest BCUT2D eigenvalue weighted by molar-refractivity contribution is -0.137. The minimum atomic E-state index is -4.45. The van der Waals surface area contributed by atoms with Crippen molar-refractivity contribution in [3.05, 3.63) is 40.5 Å². The highest BCUT2D eigenvalue weighted by molar-refractivity contribution is 6.35. The molecule has 0 saturated heterocycles. The zero-order valence-corrected chi connectivity index (χ0v) is 14.3. The van der Waals surface area contributed by atoms with E-state index in [9.17, 15) is 23.1 Å². The van der Waals surface area contributed by atoms with Gasteiger partial charge >= 0.3 is 6.18 Å². The summed E-state index contributed by atoms with van der Waals surface area (Å²) in [6.07, 6.45) is -2.20. The van der Waals surface area contributed by atoms with Crippen molar-refractivity contribution in [2.45, 2.75) is 44.0 Å². The quantitative estimate of drug-likeness (QED) is 0.831. The number of hydrogen-bond donors (Lipinski definition) is 2. The number of carbonyl (C=O) groups excluding carboxylic acids is 1. The van der Waals surface area contributed by atoms with Crippen LogP contribution in [0, 0.1) is 0 Å². The van der Waals surface area contributed by atoms with Crippen LogP contribution in [0.4, 0.5) is 13.2 Å². The summed E-state index contributed by atoms with van der Waals surface area (Å²) < 4.78 is 43.0. The Morgan fingerprint density at radius 3 is 2.58 bits per heavy atom. The van der Waals surface area contributed by atoms with E-state index < -0.39 is 23.8 Å². The Morgan fingerprint density at radius 1 is 1.27 bits per heavy atom. The van der Waals surface area contributed by atoms with Gasteiger partial charge in [-0.2, -0.15) is 13.2 Å². The van der Waals surface area contributed by atoms with Gasteiger partial charge in [-0.05, 0) is 37.8 Å². The summed E-state index contributed by atoms with van der Waals surface area (Å²) >= 11 is 6.14. The molecule has 1 fully saturated rings. The summed E-state index contributed by atoms with van der Waals surface area (Å²) in [5.41, 5.74) is -0.657. The average Bonchev–Trinajstić information content (AvgIpc) is 2.96. The van der Waals surface area contributed by atoms with Crippen molar-refractivity contribution >= 4 is 17.5 Å². The van der Waals surface area contributed by atoms with Gasteiger partial charge in [0.25, 0.3) is 5.91 Å². The smallest absolute Gasteiger partial charge is 0.393 e. The molecular formula is C17H16ClF3N2O3. The topological polar surface area (TPSA) is 75.4 Å². The van der Waals surface area contributed by atoms with Crippen molar-refractivity contribution in [3.63, 3.8) is 0 Å². The van der Waals surface area contributed by atoms with Crippen molar-refractivity contribution in [1.29, 1.82) is 0 Å². The van der Waals surface area contributed by atoms with Gasteiger partial charge in [0.2, 0.25) is 0 Å². The maximum absolute atomic E-state index is 12.6. The molecule has 2 N–H and O–H groups in total. The third-order valence-electron chi connectivity index (χ3n) is 4.31. The van der Waals surface area contributed by atoms with Gasteiger partial charge in [-0.3, -0.25) is 4.79 Å². The Hall–Kier alpha value is -2.06. The molecule has 5 nitrogen and oxygen atoms in total. The number of amides is 1. The van der Waals surface area contributed by atoms with Crippen LogP contribution in [0.15, 0.2) is 28.8 Å². The van der Waals surface area contributed by atoms with Crippen molar-refractivity contribution in [2.24, 2.45) is 0 Å². The first-order valence-electron chi connectivity index (χ1n) is 8.07. The highest BCUT2D eigenvalue weighted by Gasteiger charge is 2.31. The summed E-state index contributed by atoms with van der Waals surface area (Å²) in [4.78, 5) is 12.3. The van der Waals surface area contributed by atoms with E-state index in [1.807, 2.05) is 0 Å². The Labute approximate surface area is 152 Å². The van der Waals surface area contributed by atoms with Gasteiger partial charge in [0.15, 0.2) is 11.5 Å². The van der Waals surface area contributed by atoms with Gasteiger partial charge in [-0.25, -0.2) is 0 Å². The first kappa shape index (κ1) is 18.7. The van der Waals surface area contributed by atoms with Crippen LogP contribution in [0.25, 0.3) is 11.3 Å². The molecule has 9 heteroatoms. The van der Waals surface area contributed by atoms with Gasteiger partial charge in [0, 0.05) is 11.6 Å². The van der Waals surface area contributed by atoms with E-state index in [4.69, 9.17) is 16.1 Å². The van der Waals surface area contributed by atoms with Crippen LogP contribution in [0.5, 0.6) is 0 Å². The van der Waals surface area contributed by atoms with Crippen LogP contribution in [-0.4, -0.2) is 28.3 Å². The molecule has 1 aliphatic carbocycles. The summed E-state index contributed by atoms with van der Waals surface area (Å²) in [7, 11) is 0. The molecule has 2 atom stereocenters. The van der Waals surface area contributed by atoms with Crippen LogP contribution in [-0.2, 0) is 6.18 Å². The molecule has 0 radical (unpaired) electrons. The Morgan fingerprint density at radius 2 is 1.96 bits per heavy atom. The van der Waals surface area contributed by atoms with Crippen LogP contribution < -0.4 is 5.32 Å². The number of nitrogens with zero attached hydrogens (tertiary/aromatic N) is 1. The van der Waals surface area contributed by atoms with Crippen molar-refractivity contribution in [2.75, 3.05) is 0 Å². The molecule has 140 valence electrons. The van der Waals surface area contributed by atoms with E-state index in [1.54, 1.807) is 0 Å². The molecule has 0 aliphatic heterocycles. The second-order valence-corrected chi connectivity index (χ2v) is 6.62. The van der Waals surface area contributed by atoms with E-state index in [2.05, 4.69) is 10.5 Å². The highest BCUT2D eigenvalue weighted by atomic mass is 35.5. The lowest BCUT2D eigenvalue weighted by Crippen LogP contribution is -2.40. The SMILES string of the molecule is O=C(NC1CCCC(O)C1)c1noc(-c2ccc(C(F)(F)F)cc2)c1Cl. The zero-order chi connectivity index (χ0) is 18.9. The average molecular weight is 389 g/mol. The molecule has 26 heavy (non-hydrogen) atoms. The third kappa shape index (κ3) is 4.02. The fourth-order valence-electron chi connectivity index (χ4n) is 2.96. The van der Waals surface area contributed by atoms with Crippen LogP contribution in [0.2, 0.25) is 5.02 Å². The highest BCUT2D eigenvalue weighted by Crippen LogP contribution is 2.34. The van der Waals surface area contributed by atoms with Crippen molar-refractivity contribution in [1.82, 2.24) is 10.5 Å². The number of benzene rings is 1. The number of nitrogens with one attached hydrogen (secondary N) is 1. The molecule has 2 aromatic rings. The van der Waals surface area contributed by atoms with E-state index in [-0.39, 0.29) is 28.1 Å². The lowest BCUT2D eigenvalue weighted by Gasteiger charge is -2.26. The summed E-state index contributed by atoms with van der Waals surface area (Å²) in [5, 5.41) is 16.0. The predicted molar refractivity (Wildman–Crippen MR) is 87.7 cm³/mol. The monoisotopic (exact) mass is 388 g/mol. The Bertz CT molecular complexity index is 790. The Kier molecular flexibility index (Phi) is 5.24. The normalized spacial score (nSPS) is 20.8. The predicted octanol–water partition coefficient (Wildman–Crippen LogP) is 4.05. The second-order valence-electron chi connectivity index (χ2n) is 6.24. The molecule has 2 unspecified atom stereocenters. The molecular weight excluding hydrogens is 373 g/mol. The zero-order valence-electron chi connectivity index (χ0n) is 13.5. The maximum Gasteiger partial charge on any atom is 0.416 e. The largest absolute Gasteiger partial charge is 0.416 e. The minimum absolute atomic E-state index is 0.0224. The number of aliphatic hydroxyl groups excluding tert-OH is 1. The van der Waals surface area contributed by atoms with Crippen LogP contribution in [0.1, 0.15) is 41.7 Å². The van der Waals surface area contributed by atoms with Gasteiger partial charge < -0.3 is 14.9 Å². The van der Waals surface area contributed by atoms with E-state index in [0.29, 0.717) is 12.8 Å². The summed E-state index contributed by atoms with van der Waals surface area (Å²) in [6, 6.07) is 4.02. The first-order valence-corrected chi connectivity index (χ1v) is 8.45. The molecule has 3 rings (SSSR count). The third-order valence-corrected chi connectivity index (χ3v) is 4.66. The first-order chi connectivity index (χ1) is 12.3. The van der Waals surface area contributed by atoms with E-state index in [1.165, 1.54) is 12.1 Å². The Balaban J connectivity index is 1.76. The van der Waals surface area contributed by atoms with E-state index in [0.717, 1.165) is 25.0 Å². The number of alkyl halides is 3. The van der Waals surface area contributed by atoms with E-state index >= 15 is 0 Å². The number of carbonyl (C=O) groups is 1. The fraction of sp³-hybridized carbons (Fsp3) is 0.412. The molecule has 1 heterocycles. The number of aromatic nitrogens is 1. The van der Waals surface area contributed by atoms with Crippen LogP contribution >= 0.6 is 11.6 Å². The minimum Gasteiger partial charge on any atom is -0.393 e. The van der Waals surface area contributed by atoms with Crippen LogP contribution in [0.3, 0.4) is 0 Å². The number of hydrogen-bond acceptors (Lipinski definition) is 4. The van der Waals surface area contributed by atoms with Crippen molar-refractivity contribution < 1.29 is 27.6 Å². The molecule has 1 amide bonds. The standard InChI is InChI=1S/C17H16ClF3N2O3/c18-13-14(16(25)22-11-2-1-3-12(24)8-11)23-26-15(13)9-4-6-10(7-5-9)17(19,20)21/h4-7,11-12,24H,1-3,8H2,(H,22,25). The van der Waals surface area contributed by atoms with Gasteiger partial charge in [-0.15, -0.1) is 0 Å².